The van der Waals surface area contributed by atoms with Crippen molar-refractivity contribution in [3.63, 3.8) is 0 Å². The Morgan fingerprint density at radius 3 is 2.94 bits per heavy atom. The van der Waals surface area contributed by atoms with Crippen LogP contribution in [0.3, 0.4) is 0 Å². The van der Waals surface area contributed by atoms with Gasteiger partial charge in [-0.25, -0.2) is 0 Å². The summed E-state index contributed by atoms with van der Waals surface area (Å²) in [7, 11) is 0. The molecule has 0 radical (unpaired) electrons. The Kier molecular flexibility index (Phi) is 1.01. The topological polar surface area (TPSA) is 20.2 Å². The first-order chi connectivity index (χ1) is 7.50. The lowest BCUT2D eigenvalue weighted by Gasteiger charge is -2.40. The van der Waals surface area contributed by atoms with Gasteiger partial charge < -0.3 is 5.11 Å². The SMILES string of the molecule is CC1(C)C[C@]2(O)CC[C@@H]3CC4C5C=C[C@]32[C@]541. The standard InChI is InChI=1S/C15H20O/c1-12(2)8-13(16)5-3-9-7-11-10-4-6-14(9,13)15(10,11)12/h4,6,9-11,16H,3,5,7-8H2,1-2H3/t9-,10?,11?,13-,14+,15-/m1/s1. The third-order valence-electron chi connectivity index (χ3n) is 7.40. The van der Waals surface area contributed by atoms with Gasteiger partial charge in [-0.3, -0.25) is 0 Å². The largest absolute Gasteiger partial charge is 0.389 e. The van der Waals surface area contributed by atoms with Crippen molar-refractivity contribution in [1.29, 1.82) is 0 Å². The lowest BCUT2D eigenvalue weighted by Crippen LogP contribution is -2.43. The van der Waals surface area contributed by atoms with E-state index in [4.69, 9.17) is 0 Å². The van der Waals surface area contributed by atoms with Gasteiger partial charge in [0, 0.05) is 5.41 Å². The lowest BCUT2D eigenvalue weighted by molar-refractivity contribution is -0.0369. The van der Waals surface area contributed by atoms with Crippen molar-refractivity contribution in [3.8, 4) is 0 Å². The Bertz CT molecular complexity index is 450. The van der Waals surface area contributed by atoms with Crippen LogP contribution in [-0.4, -0.2) is 10.7 Å². The molecule has 1 nitrogen and oxygen atoms in total. The van der Waals surface area contributed by atoms with E-state index >= 15 is 0 Å². The first kappa shape index (κ1) is 8.74. The molecule has 0 heterocycles. The molecule has 1 N–H and O–H groups in total. The Hall–Kier alpha value is -0.300. The molecule has 5 aliphatic rings. The molecule has 0 aliphatic heterocycles. The third kappa shape index (κ3) is 0.468. The van der Waals surface area contributed by atoms with Crippen LogP contribution in [0.25, 0.3) is 0 Å². The summed E-state index contributed by atoms with van der Waals surface area (Å²) in [5, 5.41) is 11.2. The van der Waals surface area contributed by atoms with Crippen molar-refractivity contribution >= 4 is 0 Å². The number of hydrogen-bond acceptors (Lipinski definition) is 1. The minimum Gasteiger partial charge on any atom is -0.389 e. The van der Waals surface area contributed by atoms with Gasteiger partial charge in [0.2, 0.25) is 0 Å². The quantitative estimate of drug-likeness (QED) is 0.617. The van der Waals surface area contributed by atoms with Crippen LogP contribution in [0.2, 0.25) is 0 Å². The van der Waals surface area contributed by atoms with Crippen molar-refractivity contribution in [3.05, 3.63) is 12.2 Å². The molecular formula is C15H20O. The molecule has 0 aromatic carbocycles. The van der Waals surface area contributed by atoms with E-state index in [1.54, 1.807) is 0 Å². The molecule has 0 saturated heterocycles. The molecule has 86 valence electrons. The van der Waals surface area contributed by atoms with Crippen LogP contribution in [-0.2, 0) is 0 Å². The summed E-state index contributed by atoms with van der Waals surface area (Å²) in [6.45, 7) is 4.85. The summed E-state index contributed by atoms with van der Waals surface area (Å²) >= 11 is 0. The molecule has 5 rings (SSSR count). The zero-order chi connectivity index (χ0) is 11.0. The van der Waals surface area contributed by atoms with Gasteiger partial charge >= 0.3 is 0 Å². The van der Waals surface area contributed by atoms with E-state index in [1.165, 1.54) is 12.8 Å². The highest BCUT2D eigenvalue weighted by Gasteiger charge is 2.93. The second-order valence-electron chi connectivity index (χ2n) is 7.79. The number of rotatable bonds is 0. The zero-order valence-corrected chi connectivity index (χ0v) is 10.2. The number of allylic oxidation sites excluding steroid dienone is 1. The normalized spacial score (nSPS) is 70.8. The predicted octanol–water partition coefficient (Wildman–Crippen LogP) is 2.75. The molecule has 0 amide bonds. The first-order valence-corrected chi connectivity index (χ1v) is 6.91. The van der Waals surface area contributed by atoms with Crippen molar-refractivity contribution in [2.75, 3.05) is 0 Å². The van der Waals surface area contributed by atoms with Crippen molar-refractivity contribution in [2.45, 2.75) is 45.1 Å². The highest BCUT2D eigenvalue weighted by Crippen LogP contribution is 2.95. The van der Waals surface area contributed by atoms with Crippen LogP contribution >= 0.6 is 0 Å². The first-order valence-electron chi connectivity index (χ1n) is 6.91. The van der Waals surface area contributed by atoms with Gasteiger partial charge in [-0.15, -0.1) is 0 Å². The smallest absolute Gasteiger partial charge is 0.0752 e. The minimum absolute atomic E-state index is 0.207. The van der Waals surface area contributed by atoms with Crippen molar-refractivity contribution in [2.24, 2.45) is 34.0 Å². The highest BCUT2D eigenvalue weighted by atomic mass is 16.3. The molecular weight excluding hydrogens is 196 g/mol. The molecule has 16 heavy (non-hydrogen) atoms. The van der Waals surface area contributed by atoms with E-state index in [2.05, 4.69) is 26.0 Å². The average molecular weight is 216 g/mol. The molecule has 2 spiro atoms. The highest BCUT2D eigenvalue weighted by molar-refractivity contribution is 5.50. The number of fused-ring (bicyclic) bond motifs is 1. The molecule has 1 heteroatoms. The number of aliphatic hydroxyl groups is 1. The Balaban J connectivity index is 1.89. The van der Waals surface area contributed by atoms with Gasteiger partial charge in [-0.2, -0.15) is 0 Å². The van der Waals surface area contributed by atoms with Crippen LogP contribution < -0.4 is 0 Å². The summed E-state index contributed by atoms with van der Waals surface area (Å²) in [6, 6.07) is 0. The molecule has 6 atom stereocenters. The minimum atomic E-state index is -0.350. The summed E-state index contributed by atoms with van der Waals surface area (Å²) in [4.78, 5) is 0. The fraction of sp³-hybridized carbons (Fsp3) is 0.867. The molecule has 0 aromatic rings. The zero-order valence-electron chi connectivity index (χ0n) is 10.2. The second-order valence-corrected chi connectivity index (χ2v) is 7.79. The maximum absolute atomic E-state index is 11.2. The van der Waals surface area contributed by atoms with Gasteiger partial charge in [0.15, 0.2) is 0 Å². The van der Waals surface area contributed by atoms with E-state index in [-0.39, 0.29) is 11.0 Å². The fourth-order valence-corrected chi connectivity index (χ4v) is 7.56. The summed E-state index contributed by atoms with van der Waals surface area (Å²) < 4.78 is 0. The average Bonchev–Trinajstić information content (AvgIpc) is 2.45. The molecule has 0 bridgehead atoms. The Morgan fingerprint density at radius 1 is 1.31 bits per heavy atom. The third-order valence-corrected chi connectivity index (χ3v) is 7.40. The van der Waals surface area contributed by atoms with Crippen LogP contribution in [0.4, 0.5) is 0 Å². The van der Waals surface area contributed by atoms with E-state index in [0.29, 0.717) is 10.8 Å². The maximum Gasteiger partial charge on any atom is 0.0752 e. The molecule has 0 aromatic heterocycles. The number of hydrogen-bond donors (Lipinski definition) is 1. The van der Waals surface area contributed by atoms with E-state index in [9.17, 15) is 5.11 Å². The molecule has 4 fully saturated rings. The van der Waals surface area contributed by atoms with Gasteiger partial charge in [0.05, 0.1) is 5.60 Å². The van der Waals surface area contributed by atoms with Crippen LogP contribution in [0.5, 0.6) is 0 Å². The van der Waals surface area contributed by atoms with Gasteiger partial charge in [0.1, 0.15) is 0 Å². The van der Waals surface area contributed by atoms with E-state index < -0.39 is 0 Å². The van der Waals surface area contributed by atoms with Crippen LogP contribution in [0.1, 0.15) is 39.5 Å². The van der Waals surface area contributed by atoms with Crippen LogP contribution in [0, 0.1) is 34.0 Å². The summed E-state index contributed by atoms with van der Waals surface area (Å²) in [5.41, 5.74) is 0.697. The Morgan fingerprint density at radius 2 is 2.12 bits per heavy atom. The van der Waals surface area contributed by atoms with Gasteiger partial charge in [-0.05, 0) is 54.3 Å². The van der Waals surface area contributed by atoms with Crippen molar-refractivity contribution in [1.82, 2.24) is 0 Å². The predicted molar refractivity (Wildman–Crippen MR) is 61.7 cm³/mol. The van der Waals surface area contributed by atoms with E-state index in [0.717, 1.165) is 30.6 Å². The van der Waals surface area contributed by atoms with Crippen LogP contribution in [0.15, 0.2) is 12.2 Å². The molecule has 4 saturated carbocycles. The maximum atomic E-state index is 11.2. The Labute approximate surface area is 96.9 Å². The van der Waals surface area contributed by atoms with Gasteiger partial charge in [0.25, 0.3) is 0 Å². The molecule has 5 aliphatic carbocycles. The van der Waals surface area contributed by atoms with Gasteiger partial charge in [-0.1, -0.05) is 26.0 Å². The second kappa shape index (κ2) is 1.84. The monoisotopic (exact) mass is 216 g/mol. The van der Waals surface area contributed by atoms with Crippen molar-refractivity contribution < 1.29 is 5.11 Å². The van der Waals surface area contributed by atoms with E-state index in [1.807, 2.05) is 0 Å². The molecule has 2 unspecified atom stereocenters. The summed E-state index contributed by atoms with van der Waals surface area (Å²) in [5.74, 6) is 2.55. The summed E-state index contributed by atoms with van der Waals surface area (Å²) in [6.07, 6.45) is 9.74. The lowest BCUT2D eigenvalue weighted by atomic mass is 9.65. The fourth-order valence-electron chi connectivity index (χ4n) is 7.56.